The number of amides is 2. The Morgan fingerprint density at radius 2 is 1.62 bits per heavy atom. The SMILES string of the molecule is COc1ccc(CCN(CCC(=O)Nc2nnc(-c3ccc(Cl)cc3)s2)C(=O)c2ccc3ccccc3c2)cc1OC. The highest BCUT2D eigenvalue weighted by molar-refractivity contribution is 7.18. The zero-order chi connectivity index (χ0) is 29.5. The zero-order valence-corrected chi connectivity index (χ0v) is 24.7. The van der Waals surface area contributed by atoms with Gasteiger partial charge >= 0.3 is 0 Å². The highest BCUT2D eigenvalue weighted by atomic mass is 35.5. The summed E-state index contributed by atoms with van der Waals surface area (Å²) >= 11 is 7.25. The van der Waals surface area contributed by atoms with Crippen molar-refractivity contribution in [3.63, 3.8) is 0 Å². The molecule has 0 unspecified atom stereocenters. The van der Waals surface area contributed by atoms with Gasteiger partial charge in [-0.05, 0) is 59.2 Å². The molecule has 1 aromatic heterocycles. The van der Waals surface area contributed by atoms with Crippen LogP contribution in [0, 0.1) is 0 Å². The third-order valence-corrected chi connectivity index (χ3v) is 7.91. The molecule has 0 atom stereocenters. The summed E-state index contributed by atoms with van der Waals surface area (Å²) in [6.07, 6.45) is 0.670. The number of nitrogens with zero attached hydrogens (tertiary/aromatic N) is 3. The molecule has 0 saturated carbocycles. The minimum Gasteiger partial charge on any atom is -0.493 e. The van der Waals surface area contributed by atoms with E-state index < -0.39 is 0 Å². The van der Waals surface area contributed by atoms with Gasteiger partial charge in [0.15, 0.2) is 11.5 Å². The summed E-state index contributed by atoms with van der Waals surface area (Å²) in [5.41, 5.74) is 2.41. The van der Waals surface area contributed by atoms with E-state index in [-0.39, 0.29) is 24.8 Å². The Balaban J connectivity index is 1.29. The number of fused-ring (bicyclic) bond motifs is 1. The summed E-state index contributed by atoms with van der Waals surface area (Å²) in [4.78, 5) is 28.3. The highest BCUT2D eigenvalue weighted by Crippen LogP contribution is 2.29. The summed E-state index contributed by atoms with van der Waals surface area (Å²) in [6, 6.07) is 26.5. The van der Waals surface area contributed by atoms with Crippen LogP contribution in [-0.4, -0.2) is 54.2 Å². The first kappa shape index (κ1) is 29.0. The molecule has 1 heterocycles. The van der Waals surface area contributed by atoms with Gasteiger partial charge in [0.1, 0.15) is 5.01 Å². The Labute approximate surface area is 252 Å². The molecule has 0 fully saturated rings. The van der Waals surface area contributed by atoms with Crippen molar-refractivity contribution < 1.29 is 19.1 Å². The summed E-state index contributed by atoms with van der Waals surface area (Å²) in [5.74, 6) is 0.862. The van der Waals surface area contributed by atoms with Crippen LogP contribution in [0.5, 0.6) is 11.5 Å². The Bertz CT molecular complexity index is 1710. The molecular formula is C32H29ClN4O4S. The number of benzene rings is 4. The molecule has 1 N–H and O–H groups in total. The van der Waals surface area contributed by atoms with Gasteiger partial charge in [0, 0.05) is 35.7 Å². The zero-order valence-electron chi connectivity index (χ0n) is 23.2. The molecule has 0 aliphatic carbocycles. The molecule has 0 radical (unpaired) electrons. The topological polar surface area (TPSA) is 93.6 Å². The van der Waals surface area contributed by atoms with E-state index in [9.17, 15) is 9.59 Å². The van der Waals surface area contributed by atoms with Crippen LogP contribution in [0.25, 0.3) is 21.3 Å². The average Bonchev–Trinajstić information content (AvgIpc) is 3.48. The van der Waals surface area contributed by atoms with Gasteiger partial charge in [-0.15, -0.1) is 10.2 Å². The fourth-order valence-electron chi connectivity index (χ4n) is 4.52. The molecular weight excluding hydrogens is 572 g/mol. The molecule has 0 spiro atoms. The number of hydrogen-bond donors (Lipinski definition) is 1. The lowest BCUT2D eigenvalue weighted by molar-refractivity contribution is -0.116. The minimum absolute atomic E-state index is 0.0983. The largest absolute Gasteiger partial charge is 0.493 e. The standard InChI is InChI=1S/C32H29ClN4O4S/c1-40-27-14-7-21(19-28(27)41-2)15-17-37(31(39)25-9-8-22-5-3-4-6-24(22)20-25)18-16-29(38)34-32-36-35-30(42-32)23-10-12-26(33)13-11-23/h3-14,19-20H,15-18H2,1-2H3,(H,34,36,38). The van der Waals surface area contributed by atoms with Gasteiger partial charge in [0.25, 0.3) is 5.91 Å². The quantitative estimate of drug-likeness (QED) is 0.180. The van der Waals surface area contributed by atoms with Crippen molar-refractivity contribution >= 4 is 50.7 Å². The maximum Gasteiger partial charge on any atom is 0.253 e. The van der Waals surface area contributed by atoms with Crippen LogP contribution >= 0.6 is 22.9 Å². The van der Waals surface area contributed by atoms with Gasteiger partial charge in [-0.2, -0.15) is 0 Å². The first-order chi connectivity index (χ1) is 20.4. The summed E-state index contributed by atoms with van der Waals surface area (Å²) < 4.78 is 10.8. The molecule has 10 heteroatoms. The molecule has 0 bridgehead atoms. The average molecular weight is 601 g/mol. The van der Waals surface area contributed by atoms with Crippen molar-refractivity contribution in [2.24, 2.45) is 0 Å². The fourth-order valence-corrected chi connectivity index (χ4v) is 5.41. The Hall–Kier alpha value is -4.47. The fraction of sp³-hybridized carbons (Fsp3) is 0.188. The van der Waals surface area contributed by atoms with Gasteiger partial charge in [0.05, 0.1) is 14.2 Å². The maximum atomic E-state index is 13.7. The Morgan fingerprint density at radius 1 is 0.857 bits per heavy atom. The third kappa shape index (κ3) is 7.05. The van der Waals surface area contributed by atoms with E-state index >= 15 is 0 Å². The first-order valence-electron chi connectivity index (χ1n) is 13.3. The predicted molar refractivity (Wildman–Crippen MR) is 167 cm³/mol. The Morgan fingerprint density at radius 3 is 2.38 bits per heavy atom. The normalized spacial score (nSPS) is 10.8. The minimum atomic E-state index is -0.253. The van der Waals surface area contributed by atoms with E-state index in [0.717, 1.165) is 21.9 Å². The summed E-state index contributed by atoms with van der Waals surface area (Å²) in [7, 11) is 3.18. The van der Waals surface area contributed by atoms with Crippen molar-refractivity contribution in [2.75, 3.05) is 32.6 Å². The molecule has 0 aliphatic rings. The van der Waals surface area contributed by atoms with Crippen LogP contribution in [0.4, 0.5) is 5.13 Å². The van der Waals surface area contributed by atoms with Gasteiger partial charge in [0.2, 0.25) is 11.0 Å². The molecule has 0 saturated heterocycles. The molecule has 214 valence electrons. The number of carbonyl (C=O) groups excluding carboxylic acids is 2. The molecule has 0 aliphatic heterocycles. The highest BCUT2D eigenvalue weighted by Gasteiger charge is 2.19. The maximum absolute atomic E-state index is 13.7. The van der Waals surface area contributed by atoms with Crippen molar-refractivity contribution in [1.29, 1.82) is 0 Å². The number of ether oxygens (including phenoxy) is 2. The van der Waals surface area contributed by atoms with Crippen LogP contribution in [0.2, 0.25) is 5.02 Å². The lowest BCUT2D eigenvalue weighted by Crippen LogP contribution is -2.35. The first-order valence-corrected chi connectivity index (χ1v) is 14.5. The van der Waals surface area contributed by atoms with Crippen LogP contribution in [0.15, 0.2) is 84.9 Å². The number of hydrogen-bond acceptors (Lipinski definition) is 7. The molecule has 2 amide bonds. The number of anilines is 1. The van der Waals surface area contributed by atoms with E-state index in [4.69, 9.17) is 21.1 Å². The van der Waals surface area contributed by atoms with Gasteiger partial charge in [-0.25, -0.2) is 0 Å². The van der Waals surface area contributed by atoms with E-state index in [0.29, 0.717) is 45.2 Å². The smallest absolute Gasteiger partial charge is 0.253 e. The number of halogens is 1. The molecule has 4 aromatic carbocycles. The lowest BCUT2D eigenvalue weighted by atomic mass is 10.1. The third-order valence-electron chi connectivity index (χ3n) is 6.77. The number of nitrogens with one attached hydrogen (secondary N) is 1. The number of aromatic nitrogens is 2. The number of methoxy groups -OCH3 is 2. The summed E-state index contributed by atoms with van der Waals surface area (Å²) in [5, 5.41) is 14.8. The van der Waals surface area contributed by atoms with Crippen LogP contribution in [0.1, 0.15) is 22.3 Å². The van der Waals surface area contributed by atoms with Crippen molar-refractivity contribution in [2.45, 2.75) is 12.8 Å². The van der Waals surface area contributed by atoms with E-state index in [1.165, 1.54) is 11.3 Å². The van der Waals surface area contributed by atoms with Crippen LogP contribution < -0.4 is 14.8 Å². The van der Waals surface area contributed by atoms with E-state index in [1.807, 2.05) is 72.8 Å². The second kappa shape index (κ2) is 13.5. The van der Waals surface area contributed by atoms with Crippen LogP contribution in [0.3, 0.4) is 0 Å². The molecule has 42 heavy (non-hydrogen) atoms. The lowest BCUT2D eigenvalue weighted by Gasteiger charge is -2.23. The van der Waals surface area contributed by atoms with E-state index in [1.54, 1.807) is 31.3 Å². The molecule has 8 nitrogen and oxygen atoms in total. The summed E-state index contributed by atoms with van der Waals surface area (Å²) in [6.45, 7) is 0.640. The predicted octanol–water partition coefficient (Wildman–Crippen LogP) is 6.74. The number of carbonyl (C=O) groups is 2. The van der Waals surface area contributed by atoms with Crippen molar-refractivity contribution in [3.8, 4) is 22.1 Å². The van der Waals surface area contributed by atoms with Gasteiger partial charge in [-0.3, -0.25) is 9.59 Å². The van der Waals surface area contributed by atoms with Crippen LogP contribution in [-0.2, 0) is 11.2 Å². The Kier molecular flexibility index (Phi) is 9.31. The monoisotopic (exact) mass is 600 g/mol. The van der Waals surface area contributed by atoms with Crippen molar-refractivity contribution in [1.82, 2.24) is 15.1 Å². The molecule has 5 aromatic rings. The van der Waals surface area contributed by atoms with Crippen molar-refractivity contribution in [3.05, 3.63) is 101 Å². The van der Waals surface area contributed by atoms with Gasteiger partial charge in [-0.1, -0.05) is 71.5 Å². The number of rotatable bonds is 11. The van der Waals surface area contributed by atoms with E-state index in [2.05, 4.69) is 15.5 Å². The second-order valence-electron chi connectivity index (χ2n) is 9.51. The van der Waals surface area contributed by atoms with Gasteiger partial charge < -0.3 is 19.7 Å². The molecule has 5 rings (SSSR count). The second-order valence-corrected chi connectivity index (χ2v) is 10.9.